The van der Waals surface area contributed by atoms with E-state index in [4.69, 9.17) is 10.5 Å². The molecule has 1 unspecified atom stereocenters. The first-order valence-electron chi connectivity index (χ1n) is 6.29. The van der Waals surface area contributed by atoms with Gasteiger partial charge < -0.3 is 21.1 Å². The highest BCUT2D eigenvalue weighted by atomic mass is 16.6. The summed E-state index contributed by atoms with van der Waals surface area (Å²) < 4.78 is 5.14. The number of nitrogens with one attached hydrogen (secondary N) is 2. The molecule has 0 heterocycles. The van der Waals surface area contributed by atoms with Gasteiger partial charge in [-0.25, -0.2) is 4.79 Å². The molecule has 0 aliphatic rings. The van der Waals surface area contributed by atoms with E-state index in [-0.39, 0.29) is 6.04 Å². The Morgan fingerprint density at radius 1 is 1.44 bits per heavy atom. The third-order valence-electron chi connectivity index (χ3n) is 2.14. The van der Waals surface area contributed by atoms with E-state index in [0.29, 0.717) is 13.1 Å². The van der Waals surface area contributed by atoms with E-state index in [0.717, 1.165) is 18.5 Å². The second-order valence-electron chi connectivity index (χ2n) is 5.49. The Labute approximate surface area is 110 Å². The minimum absolute atomic E-state index is 0.177. The highest BCUT2D eigenvalue weighted by Crippen LogP contribution is 2.06. The van der Waals surface area contributed by atoms with Gasteiger partial charge in [-0.1, -0.05) is 12.2 Å². The van der Waals surface area contributed by atoms with Crippen molar-refractivity contribution in [3.63, 3.8) is 0 Å². The molecule has 5 nitrogen and oxygen atoms in total. The number of ether oxygens (including phenoxy) is 1. The zero-order chi connectivity index (χ0) is 14.2. The lowest BCUT2D eigenvalue weighted by Crippen LogP contribution is -2.40. The monoisotopic (exact) mass is 257 g/mol. The van der Waals surface area contributed by atoms with Crippen LogP contribution in [0.4, 0.5) is 4.79 Å². The number of nitrogens with two attached hydrogens (primary N) is 1. The largest absolute Gasteiger partial charge is 0.444 e. The van der Waals surface area contributed by atoms with Crippen molar-refractivity contribution in [1.29, 1.82) is 0 Å². The summed E-state index contributed by atoms with van der Waals surface area (Å²) in [6.07, 6.45) is 0.376. The molecule has 0 aromatic rings. The van der Waals surface area contributed by atoms with Crippen molar-refractivity contribution in [2.45, 2.75) is 45.8 Å². The Balaban J connectivity index is 3.80. The maximum atomic E-state index is 11.4. The molecule has 0 radical (unpaired) electrons. The number of carbonyl (C=O) groups is 1. The first-order chi connectivity index (χ1) is 8.24. The number of hydrogen-bond donors (Lipinski definition) is 3. The summed E-state index contributed by atoms with van der Waals surface area (Å²) in [5, 5.41) is 5.99. The number of alkyl carbamates (subject to hydrolysis) is 1. The molecule has 1 amide bonds. The second kappa shape index (κ2) is 8.11. The standard InChI is InChI=1S/C13H27N3O2/c1-10(2)9-16-11(8-14)6-7-15-12(17)18-13(3,4)5/h11,16H,1,6-9,14H2,2-5H3,(H,15,17). The van der Waals surface area contributed by atoms with E-state index in [9.17, 15) is 4.79 Å². The summed E-state index contributed by atoms with van der Waals surface area (Å²) >= 11 is 0. The quantitative estimate of drug-likeness (QED) is 0.602. The highest BCUT2D eigenvalue weighted by Gasteiger charge is 2.15. The van der Waals surface area contributed by atoms with Crippen LogP contribution >= 0.6 is 0 Å². The fraction of sp³-hybridized carbons (Fsp3) is 0.769. The molecule has 0 saturated carbocycles. The van der Waals surface area contributed by atoms with Crippen LogP contribution in [0.1, 0.15) is 34.1 Å². The predicted molar refractivity (Wildman–Crippen MR) is 74.5 cm³/mol. The molecule has 106 valence electrons. The molecular formula is C13H27N3O2. The number of rotatable bonds is 7. The summed E-state index contributed by atoms with van der Waals surface area (Å²) in [4.78, 5) is 11.4. The van der Waals surface area contributed by atoms with Crippen LogP contribution in [-0.2, 0) is 4.74 Å². The highest BCUT2D eigenvalue weighted by molar-refractivity contribution is 5.67. The maximum Gasteiger partial charge on any atom is 0.407 e. The van der Waals surface area contributed by atoms with Crippen molar-refractivity contribution in [2.75, 3.05) is 19.6 Å². The topological polar surface area (TPSA) is 76.4 Å². The molecule has 0 aromatic carbocycles. The van der Waals surface area contributed by atoms with E-state index in [1.165, 1.54) is 0 Å². The minimum Gasteiger partial charge on any atom is -0.444 e. The molecule has 0 bridgehead atoms. The van der Waals surface area contributed by atoms with Gasteiger partial charge in [0.15, 0.2) is 0 Å². The lowest BCUT2D eigenvalue weighted by molar-refractivity contribution is 0.0526. The number of amides is 1. The van der Waals surface area contributed by atoms with Crippen molar-refractivity contribution in [3.05, 3.63) is 12.2 Å². The van der Waals surface area contributed by atoms with Crippen molar-refractivity contribution < 1.29 is 9.53 Å². The van der Waals surface area contributed by atoms with Crippen LogP contribution in [0.2, 0.25) is 0 Å². The fourth-order valence-corrected chi connectivity index (χ4v) is 1.28. The smallest absolute Gasteiger partial charge is 0.407 e. The van der Waals surface area contributed by atoms with Gasteiger partial charge in [0.1, 0.15) is 5.60 Å². The molecule has 4 N–H and O–H groups in total. The molecule has 5 heteroatoms. The van der Waals surface area contributed by atoms with E-state index in [1.54, 1.807) is 0 Å². The zero-order valence-corrected chi connectivity index (χ0v) is 12.0. The zero-order valence-electron chi connectivity index (χ0n) is 12.0. The maximum absolute atomic E-state index is 11.4. The molecule has 1 atom stereocenters. The molecule has 0 saturated heterocycles. The van der Waals surface area contributed by atoms with Gasteiger partial charge in [-0.15, -0.1) is 0 Å². The summed E-state index contributed by atoms with van der Waals surface area (Å²) in [5.74, 6) is 0. The molecule has 0 fully saturated rings. The summed E-state index contributed by atoms with van der Waals surface area (Å²) in [6.45, 7) is 13.1. The molecular weight excluding hydrogens is 230 g/mol. The van der Waals surface area contributed by atoms with E-state index >= 15 is 0 Å². The molecule has 0 spiro atoms. The average Bonchev–Trinajstić information content (AvgIpc) is 2.20. The molecule has 0 rings (SSSR count). The lowest BCUT2D eigenvalue weighted by Gasteiger charge is -2.21. The summed E-state index contributed by atoms with van der Waals surface area (Å²) in [5.41, 5.74) is 6.24. The van der Waals surface area contributed by atoms with Gasteiger partial charge in [-0.2, -0.15) is 0 Å². The Kier molecular flexibility index (Phi) is 7.62. The molecule has 0 aliphatic carbocycles. The van der Waals surface area contributed by atoms with Crippen LogP contribution in [0.25, 0.3) is 0 Å². The van der Waals surface area contributed by atoms with Gasteiger partial charge in [0.2, 0.25) is 0 Å². The first kappa shape index (κ1) is 16.9. The van der Waals surface area contributed by atoms with Crippen molar-refractivity contribution in [1.82, 2.24) is 10.6 Å². The first-order valence-corrected chi connectivity index (χ1v) is 6.29. The molecule has 0 aromatic heterocycles. The Bertz CT molecular complexity index is 272. The average molecular weight is 257 g/mol. The van der Waals surface area contributed by atoms with Crippen molar-refractivity contribution in [3.8, 4) is 0 Å². The number of carbonyl (C=O) groups excluding carboxylic acids is 1. The predicted octanol–water partition coefficient (Wildman–Crippen LogP) is 1.39. The van der Waals surface area contributed by atoms with Crippen molar-refractivity contribution in [2.24, 2.45) is 5.73 Å². The minimum atomic E-state index is -0.463. The molecule has 18 heavy (non-hydrogen) atoms. The van der Waals surface area contributed by atoms with Crippen LogP contribution in [0, 0.1) is 0 Å². The van der Waals surface area contributed by atoms with Gasteiger partial charge in [0.05, 0.1) is 0 Å². The fourth-order valence-electron chi connectivity index (χ4n) is 1.28. The Hall–Kier alpha value is -1.07. The Morgan fingerprint density at radius 3 is 2.50 bits per heavy atom. The lowest BCUT2D eigenvalue weighted by atomic mass is 10.2. The second-order valence-corrected chi connectivity index (χ2v) is 5.49. The third kappa shape index (κ3) is 10.1. The number of hydrogen-bond acceptors (Lipinski definition) is 4. The van der Waals surface area contributed by atoms with Crippen LogP contribution in [0.5, 0.6) is 0 Å². The third-order valence-corrected chi connectivity index (χ3v) is 2.14. The summed E-state index contributed by atoms with van der Waals surface area (Å²) in [7, 11) is 0. The van der Waals surface area contributed by atoms with E-state index in [2.05, 4.69) is 17.2 Å². The van der Waals surface area contributed by atoms with Gasteiger partial charge in [-0.05, 0) is 34.1 Å². The van der Waals surface area contributed by atoms with Gasteiger partial charge in [0.25, 0.3) is 0 Å². The van der Waals surface area contributed by atoms with Crippen LogP contribution in [0.15, 0.2) is 12.2 Å². The van der Waals surface area contributed by atoms with Crippen LogP contribution in [0.3, 0.4) is 0 Å². The van der Waals surface area contributed by atoms with Gasteiger partial charge >= 0.3 is 6.09 Å². The van der Waals surface area contributed by atoms with Crippen molar-refractivity contribution >= 4 is 6.09 Å². The van der Waals surface area contributed by atoms with Gasteiger partial charge in [-0.3, -0.25) is 0 Å². The SMILES string of the molecule is C=C(C)CNC(CN)CCNC(=O)OC(C)(C)C. The normalized spacial score (nSPS) is 12.9. The van der Waals surface area contributed by atoms with E-state index in [1.807, 2.05) is 27.7 Å². The molecule has 0 aliphatic heterocycles. The Morgan fingerprint density at radius 2 is 2.06 bits per heavy atom. The van der Waals surface area contributed by atoms with Crippen LogP contribution in [-0.4, -0.2) is 37.4 Å². The van der Waals surface area contributed by atoms with Crippen LogP contribution < -0.4 is 16.4 Å². The summed E-state index contributed by atoms with van der Waals surface area (Å²) in [6, 6.07) is 0.177. The van der Waals surface area contributed by atoms with Gasteiger partial charge in [0, 0.05) is 25.7 Å². The van der Waals surface area contributed by atoms with E-state index < -0.39 is 11.7 Å².